The Morgan fingerprint density at radius 2 is 1.03 bits per heavy atom. The molecule has 2 aromatic rings. The van der Waals surface area contributed by atoms with Crippen molar-refractivity contribution in [3.05, 3.63) is 48.5 Å². The third-order valence-electron chi connectivity index (χ3n) is 7.02. The van der Waals surface area contributed by atoms with E-state index in [4.69, 9.17) is 28.6 Å². The lowest BCUT2D eigenvalue weighted by Gasteiger charge is -2.35. The van der Waals surface area contributed by atoms with Gasteiger partial charge in [0.2, 0.25) is 0 Å². The van der Waals surface area contributed by atoms with Crippen molar-refractivity contribution >= 4 is 11.4 Å². The van der Waals surface area contributed by atoms with E-state index < -0.39 is 0 Å². The van der Waals surface area contributed by atoms with Crippen LogP contribution in [0.1, 0.15) is 0 Å². The number of benzene rings is 2. The molecular formula is C24H28N2O6. The smallest absolute Gasteiger partial charge is 0.119 e. The standard InChI is InChI=1S/C24H28N2O6/c1-27-19-7-3-17(4-8-19)25-21-15(13-31-25)11-29-23(21)24-22-16(12-30-24)14-32-26(22)18-5-9-20(28-2)10-6-18/h3-10,15-16,21-24H,11-14H2,1-2H3/t15-,16-,21+,22+,23+,24+/m1/s1. The maximum absolute atomic E-state index is 6.36. The average Bonchev–Trinajstić information content (AvgIpc) is 3.61. The number of fused-ring (bicyclic) bond motifs is 2. The molecule has 0 bridgehead atoms. The zero-order valence-electron chi connectivity index (χ0n) is 18.3. The number of nitrogens with zero attached hydrogens (tertiary/aromatic N) is 2. The van der Waals surface area contributed by atoms with Crippen LogP contribution in [0.5, 0.6) is 11.5 Å². The highest BCUT2D eigenvalue weighted by Gasteiger charge is 2.57. The number of hydrogen-bond donors (Lipinski definition) is 0. The van der Waals surface area contributed by atoms with E-state index in [0.717, 1.165) is 22.9 Å². The number of hydroxylamine groups is 2. The third-order valence-corrected chi connectivity index (χ3v) is 7.02. The molecule has 0 amide bonds. The quantitative estimate of drug-likeness (QED) is 0.704. The number of hydrogen-bond acceptors (Lipinski definition) is 8. The molecule has 32 heavy (non-hydrogen) atoms. The van der Waals surface area contributed by atoms with Gasteiger partial charge in [0, 0.05) is 11.8 Å². The zero-order valence-corrected chi connectivity index (χ0v) is 18.3. The Kier molecular flexibility index (Phi) is 5.10. The molecule has 0 unspecified atom stereocenters. The van der Waals surface area contributed by atoms with Gasteiger partial charge < -0.3 is 18.9 Å². The molecule has 4 aliphatic heterocycles. The molecule has 8 nitrogen and oxygen atoms in total. The Bertz CT molecular complexity index is 861. The summed E-state index contributed by atoms with van der Waals surface area (Å²) in [7, 11) is 3.34. The lowest BCUT2D eigenvalue weighted by Crippen LogP contribution is -2.51. The van der Waals surface area contributed by atoms with Gasteiger partial charge in [-0.25, -0.2) is 10.1 Å². The monoisotopic (exact) mass is 440 g/mol. The zero-order chi connectivity index (χ0) is 21.7. The van der Waals surface area contributed by atoms with E-state index in [2.05, 4.69) is 0 Å². The minimum absolute atomic E-state index is 0.0884. The molecule has 6 rings (SSSR count). The van der Waals surface area contributed by atoms with Gasteiger partial charge in [0.1, 0.15) is 23.7 Å². The molecule has 2 aromatic carbocycles. The first kappa shape index (κ1) is 20.1. The van der Waals surface area contributed by atoms with Crippen LogP contribution in [0.3, 0.4) is 0 Å². The Labute approximate surface area is 187 Å². The minimum Gasteiger partial charge on any atom is -0.497 e. The average molecular weight is 440 g/mol. The summed E-state index contributed by atoms with van der Waals surface area (Å²) >= 11 is 0. The summed E-state index contributed by atoms with van der Waals surface area (Å²) in [6.45, 7) is 2.63. The molecular weight excluding hydrogens is 412 g/mol. The fourth-order valence-corrected chi connectivity index (χ4v) is 5.40. The summed E-state index contributed by atoms with van der Waals surface area (Å²) < 4.78 is 23.3. The molecule has 0 saturated carbocycles. The molecule has 170 valence electrons. The second kappa shape index (κ2) is 8.12. The van der Waals surface area contributed by atoms with E-state index >= 15 is 0 Å². The molecule has 0 radical (unpaired) electrons. The predicted octanol–water partition coefficient (Wildman–Crippen LogP) is 2.67. The largest absolute Gasteiger partial charge is 0.497 e. The van der Waals surface area contributed by atoms with E-state index in [0.29, 0.717) is 38.3 Å². The molecule has 6 atom stereocenters. The number of methoxy groups -OCH3 is 2. The summed E-state index contributed by atoms with van der Waals surface area (Å²) in [5.74, 6) is 2.26. The summed E-state index contributed by atoms with van der Waals surface area (Å²) in [5.41, 5.74) is 2.00. The highest BCUT2D eigenvalue weighted by Crippen LogP contribution is 2.44. The molecule has 8 heteroatoms. The van der Waals surface area contributed by atoms with Gasteiger partial charge in [-0.3, -0.25) is 9.68 Å². The SMILES string of the molecule is COc1ccc(N2OC[C@H]3CO[C@H]([C@H]4OC[C@@H]5CON(c6ccc(OC)cc6)[C@@H]54)[C@H]32)cc1. The fraction of sp³-hybridized carbons (Fsp3) is 0.500. The van der Waals surface area contributed by atoms with Crippen LogP contribution in [-0.2, 0) is 19.1 Å². The lowest BCUT2D eigenvalue weighted by atomic mass is 9.90. The Morgan fingerprint density at radius 1 is 0.625 bits per heavy atom. The molecule has 4 heterocycles. The lowest BCUT2D eigenvalue weighted by molar-refractivity contribution is -0.0534. The van der Waals surface area contributed by atoms with Crippen LogP contribution in [0.2, 0.25) is 0 Å². The second-order valence-electron chi connectivity index (χ2n) is 8.74. The van der Waals surface area contributed by atoms with Crippen molar-refractivity contribution in [3.8, 4) is 11.5 Å². The van der Waals surface area contributed by atoms with Crippen molar-refractivity contribution < 1.29 is 28.6 Å². The molecule has 0 spiro atoms. The minimum atomic E-state index is -0.109. The molecule has 0 aromatic heterocycles. The van der Waals surface area contributed by atoms with E-state index in [1.165, 1.54) is 0 Å². The summed E-state index contributed by atoms with van der Waals surface area (Å²) in [6.07, 6.45) is -0.218. The normalized spacial score (nSPS) is 33.4. The van der Waals surface area contributed by atoms with Gasteiger partial charge in [0.25, 0.3) is 0 Å². The first-order valence-electron chi connectivity index (χ1n) is 11.1. The summed E-state index contributed by atoms with van der Waals surface area (Å²) in [6, 6.07) is 16.1. The third kappa shape index (κ3) is 3.21. The summed E-state index contributed by atoms with van der Waals surface area (Å²) in [5, 5.41) is 4.01. The van der Waals surface area contributed by atoms with Gasteiger partial charge in [-0.15, -0.1) is 0 Å². The van der Waals surface area contributed by atoms with Crippen molar-refractivity contribution in [1.29, 1.82) is 0 Å². The Hall–Kier alpha value is -2.52. The van der Waals surface area contributed by atoms with Crippen LogP contribution < -0.4 is 19.6 Å². The molecule has 4 aliphatic rings. The van der Waals surface area contributed by atoms with E-state index in [1.54, 1.807) is 14.2 Å². The van der Waals surface area contributed by atoms with E-state index in [1.807, 2.05) is 58.7 Å². The van der Waals surface area contributed by atoms with E-state index in [9.17, 15) is 0 Å². The Morgan fingerprint density at radius 3 is 1.41 bits per heavy atom. The number of rotatable bonds is 5. The molecule has 4 saturated heterocycles. The number of anilines is 2. The van der Waals surface area contributed by atoms with Gasteiger partial charge in [-0.2, -0.15) is 0 Å². The van der Waals surface area contributed by atoms with Crippen LogP contribution in [0.25, 0.3) is 0 Å². The van der Waals surface area contributed by atoms with Crippen molar-refractivity contribution in [3.63, 3.8) is 0 Å². The molecule has 0 N–H and O–H groups in total. The van der Waals surface area contributed by atoms with Crippen molar-refractivity contribution in [1.82, 2.24) is 0 Å². The van der Waals surface area contributed by atoms with Crippen molar-refractivity contribution in [2.45, 2.75) is 24.3 Å². The second-order valence-corrected chi connectivity index (χ2v) is 8.74. The van der Waals surface area contributed by atoms with Crippen LogP contribution in [0.4, 0.5) is 11.4 Å². The van der Waals surface area contributed by atoms with E-state index in [-0.39, 0.29) is 24.3 Å². The van der Waals surface area contributed by atoms with Crippen LogP contribution in [-0.4, -0.2) is 64.9 Å². The summed E-state index contributed by atoms with van der Waals surface area (Å²) in [4.78, 5) is 12.2. The van der Waals surface area contributed by atoms with Gasteiger partial charge in [0.05, 0.1) is 64.1 Å². The molecule has 0 aliphatic carbocycles. The van der Waals surface area contributed by atoms with Gasteiger partial charge >= 0.3 is 0 Å². The predicted molar refractivity (Wildman–Crippen MR) is 117 cm³/mol. The first-order valence-corrected chi connectivity index (χ1v) is 11.1. The van der Waals surface area contributed by atoms with Crippen LogP contribution in [0, 0.1) is 11.8 Å². The maximum atomic E-state index is 6.36. The molecule has 4 fully saturated rings. The topological polar surface area (TPSA) is 61.9 Å². The van der Waals surface area contributed by atoms with Gasteiger partial charge in [-0.1, -0.05) is 0 Å². The van der Waals surface area contributed by atoms with Crippen molar-refractivity contribution in [2.75, 3.05) is 50.8 Å². The number of ether oxygens (including phenoxy) is 4. The fourth-order valence-electron chi connectivity index (χ4n) is 5.40. The first-order chi connectivity index (χ1) is 15.8. The van der Waals surface area contributed by atoms with Gasteiger partial charge in [0.15, 0.2) is 0 Å². The highest BCUT2D eigenvalue weighted by atomic mass is 16.7. The van der Waals surface area contributed by atoms with Gasteiger partial charge in [-0.05, 0) is 48.5 Å². The highest BCUT2D eigenvalue weighted by molar-refractivity contribution is 5.51. The van der Waals surface area contributed by atoms with Crippen LogP contribution >= 0.6 is 0 Å². The maximum Gasteiger partial charge on any atom is 0.119 e. The van der Waals surface area contributed by atoms with Crippen molar-refractivity contribution in [2.24, 2.45) is 11.8 Å². The van der Waals surface area contributed by atoms with Crippen LogP contribution in [0.15, 0.2) is 48.5 Å². The Balaban J connectivity index is 1.26.